The van der Waals surface area contributed by atoms with Crippen LogP contribution < -0.4 is 5.32 Å². The Morgan fingerprint density at radius 1 is 1.00 bits per heavy atom. The lowest BCUT2D eigenvalue weighted by Crippen LogP contribution is -2.24. The number of hydrogen-bond donors (Lipinski definition) is 1. The number of nitrogens with one attached hydrogen (secondary N) is 1. The van der Waals surface area contributed by atoms with Crippen LogP contribution in [0.4, 0.5) is 0 Å². The molecule has 0 aliphatic rings. The Balaban J connectivity index is 1.29. The summed E-state index contributed by atoms with van der Waals surface area (Å²) >= 11 is 0. The molecule has 2 aromatic heterocycles. The monoisotopic (exact) mass is 386 g/mol. The van der Waals surface area contributed by atoms with E-state index in [1.54, 1.807) is 12.4 Å². The molecule has 0 atom stereocenters. The zero-order chi connectivity index (χ0) is 19.9. The van der Waals surface area contributed by atoms with Crippen LogP contribution in [0, 0.1) is 0 Å². The molecule has 0 saturated heterocycles. The van der Waals surface area contributed by atoms with Crippen molar-refractivity contribution in [2.24, 2.45) is 0 Å². The lowest BCUT2D eigenvalue weighted by molar-refractivity contribution is -0.121. The Kier molecular flexibility index (Phi) is 5.81. The quantitative estimate of drug-likeness (QED) is 0.499. The molecule has 0 aliphatic heterocycles. The van der Waals surface area contributed by atoms with Crippen molar-refractivity contribution in [1.29, 1.82) is 0 Å². The highest BCUT2D eigenvalue weighted by atomic mass is 16.4. The molecule has 4 aromatic rings. The molecule has 0 spiro atoms. The number of carbonyl (C=O) groups excluding carboxylic acids is 1. The van der Waals surface area contributed by atoms with Gasteiger partial charge in [0.15, 0.2) is 11.7 Å². The maximum Gasteiger partial charge on any atom is 0.220 e. The van der Waals surface area contributed by atoms with Crippen molar-refractivity contribution in [2.45, 2.75) is 25.9 Å². The summed E-state index contributed by atoms with van der Waals surface area (Å²) in [4.78, 5) is 16.6. The number of hydrogen-bond acceptors (Lipinski definition) is 4. The smallest absolute Gasteiger partial charge is 0.220 e. The molecule has 29 heavy (non-hydrogen) atoms. The molecule has 0 saturated carbocycles. The first-order valence-corrected chi connectivity index (χ1v) is 9.59. The minimum absolute atomic E-state index is 0.0293. The Morgan fingerprint density at radius 2 is 1.79 bits per heavy atom. The fourth-order valence-corrected chi connectivity index (χ4v) is 3.12. The molecule has 6 nitrogen and oxygen atoms in total. The maximum atomic E-state index is 12.3. The van der Waals surface area contributed by atoms with Gasteiger partial charge in [-0.25, -0.2) is 4.98 Å². The molecule has 0 fully saturated rings. The van der Waals surface area contributed by atoms with Crippen LogP contribution in [0.3, 0.4) is 0 Å². The van der Waals surface area contributed by atoms with E-state index in [1.165, 1.54) is 0 Å². The second-order valence-corrected chi connectivity index (χ2v) is 6.73. The van der Waals surface area contributed by atoms with Crippen LogP contribution >= 0.6 is 0 Å². The van der Waals surface area contributed by atoms with Gasteiger partial charge in [0.2, 0.25) is 5.91 Å². The first-order chi connectivity index (χ1) is 14.3. The predicted octanol–water partition coefficient (Wildman–Crippen LogP) is 3.84. The summed E-state index contributed by atoms with van der Waals surface area (Å²) < 4.78 is 7.63. The van der Waals surface area contributed by atoms with Crippen molar-refractivity contribution in [3.8, 4) is 11.3 Å². The molecular formula is C23H22N4O2. The average molecular weight is 386 g/mol. The highest BCUT2D eigenvalue weighted by Crippen LogP contribution is 2.20. The Bertz CT molecular complexity index is 1060. The van der Waals surface area contributed by atoms with Crippen LogP contribution in [0.1, 0.15) is 23.4 Å². The summed E-state index contributed by atoms with van der Waals surface area (Å²) in [5.41, 5.74) is 3.19. The van der Waals surface area contributed by atoms with E-state index in [2.05, 4.69) is 21.5 Å². The number of oxazole rings is 1. The molecule has 1 amide bonds. The van der Waals surface area contributed by atoms with Gasteiger partial charge in [-0.05, 0) is 17.2 Å². The minimum atomic E-state index is -0.0293. The molecule has 1 N–H and O–H groups in total. The van der Waals surface area contributed by atoms with Crippen molar-refractivity contribution in [3.05, 3.63) is 96.3 Å². The van der Waals surface area contributed by atoms with Gasteiger partial charge in [-0.1, -0.05) is 54.6 Å². The number of nitrogens with zero attached hydrogens (tertiary/aromatic N) is 3. The SMILES string of the molecule is O=C(CCc1ncc(-c2ccccc2)o1)NCc1ccccc1Cn1cccn1. The molecule has 2 aromatic carbocycles. The molecule has 0 radical (unpaired) electrons. The molecule has 0 bridgehead atoms. The third-order valence-electron chi connectivity index (χ3n) is 4.66. The summed E-state index contributed by atoms with van der Waals surface area (Å²) in [5.74, 6) is 1.25. The van der Waals surface area contributed by atoms with Crippen LogP contribution in [-0.2, 0) is 24.3 Å². The second-order valence-electron chi connectivity index (χ2n) is 6.73. The van der Waals surface area contributed by atoms with Crippen molar-refractivity contribution < 1.29 is 9.21 Å². The number of aryl methyl sites for hydroxylation is 1. The van der Waals surface area contributed by atoms with Gasteiger partial charge in [0.1, 0.15) is 0 Å². The topological polar surface area (TPSA) is 73.0 Å². The van der Waals surface area contributed by atoms with E-state index in [0.29, 0.717) is 37.6 Å². The molecule has 0 aliphatic carbocycles. The Hall–Kier alpha value is -3.67. The molecule has 0 unspecified atom stereocenters. The van der Waals surface area contributed by atoms with Crippen LogP contribution in [-0.4, -0.2) is 20.7 Å². The van der Waals surface area contributed by atoms with E-state index in [1.807, 2.05) is 65.5 Å². The Labute approximate surface area is 169 Å². The van der Waals surface area contributed by atoms with Gasteiger partial charge in [0.05, 0.1) is 12.7 Å². The number of amides is 1. The zero-order valence-electron chi connectivity index (χ0n) is 16.0. The first kappa shape index (κ1) is 18.7. The standard InChI is InChI=1S/C23H22N4O2/c28-22(11-12-23-25-16-21(29-23)18-7-2-1-3-8-18)24-15-19-9-4-5-10-20(19)17-27-14-6-13-26-27/h1-10,13-14,16H,11-12,15,17H2,(H,24,28). The van der Waals surface area contributed by atoms with Crippen molar-refractivity contribution >= 4 is 5.91 Å². The first-order valence-electron chi connectivity index (χ1n) is 9.59. The second kappa shape index (κ2) is 9.01. The minimum Gasteiger partial charge on any atom is -0.441 e. The van der Waals surface area contributed by atoms with Crippen LogP contribution in [0.15, 0.2) is 83.7 Å². The number of benzene rings is 2. The largest absolute Gasteiger partial charge is 0.441 e. The zero-order valence-corrected chi connectivity index (χ0v) is 16.0. The van der Waals surface area contributed by atoms with E-state index in [4.69, 9.17) is 4.42 Å². The maximum absolute atomic E-state index is 12.3. The third kappa shape index (κ3) is 4.99. The highest BCUT2D eigenvalue weighted by Gasteiger charge is 2.10. The molecule has 146 valence electrons. The lowest BCUT2D eigenvalue weighted by atomic mass is 10.1. The fraction of sp³-hybridized carbons (Fsp3) is 0.174. The molecule has 2 heterocycles. The van der Waals surface area contributed by atoms with Crippen LogP contribution in [0.2, 0.25) is 0 Å². The van der Waals surface area contributed by atoms with Gasteiger partial charge in [-0.2, -0.15) is 5.10 Å². The summed E-state index contributed by atoms with van der Waals surface area (Å²) in [6.45, 7) is 1.16. The number of rotatable bonds is 8. The molecule has 6 heteroatoms. The van der Waals surface area contributed by atoms with Gasteiger partial charge in [0.25, 0.3) is 0 Å². The summed E-state index contributed by atoms with van der Waals surface area (Å²) in [7, 11) is 0. The summed E-state index contributed by atoms with van der Waals surface area (Å²) in [6.07, 6.45) is 6.18. The van der Waals surface area contributed by atoms with Gasteiger partial charge in [-0.3, -0.25) is 9.48 Å². The fourth-order valence-electron chi connectivity index (χ4n) is 3.12. The van der Waals surface area contributed by atoms with E-state index in [-0.39, 0.29) is 5.91 Å². The van der Waals surface area contributed by atoms with Crippen LogP contribution in [0.5, 0.6) is 0 Å². The van der Waals surface area contributed by atoms with E-state index >= 15 is 0 Å². The summed E-state index contributed by atoms with van der Waals surface area (Å²) in [5, 5.41) is 7.24. The Morgan fingerprint density at radius 3 is 2.59 bits per heavy atom. The van der Waals surface area contributed by atoms with Crippen molar-refractivity contribution in [1.82, 2.24) is 20.1 Å². The molecule has 4 rings (SSSR count). The predicted molar refractivity (Wildman–Crippen MR) is 110 cm³/mol. The third-order valence-corrected chi connectivity index (χ3v) is 4.66. The normalized spacial score (nSPS) is 10.8. The van der Waals surface area contributed by atoms with E-state index in [0.717, 1.165) is 16.7 Å². The van der Waals surface area contributed by atoms with Crippen LogP contribution in [0.25, 0.3) is 11.3 Å². The van der Waals surface area contributed by atoms with E-state index < -0.39 is 0 Å². The van der Waals surface area contributed by atoms with Gasteiger partial charge >= 0.3 is 0 Å². The number of aromatic nitrogens is 3. The highest BCUT2D eigenvalue weighted by molar-refractivity contribution is 5.76. The van der Waals surface area contributed by atoms with Crippen molar-refractivity contribution in [2.75, 3.05) is 0 Å². The van der Waals surface area contributed by atoms with Gasteiger partial charge in [0, 0.05) is 37.3 Å². The van der Waals surface area contributed by atoms with Gasteiger partial charge in [-0.15, -0.1) is 0 Å². The number of carbonyl (C=O) groups is 1. The average Bonchev–Trinajstić information content (AvgIpc) is 3.44. The molecular weight excluding hydrogens is 364 g/mol. The van der Waals surface area contributed by atoms with Crippen molar-refractivity contribution in [3.63, 3.8) is 0 Å². The summed E-state index contributed by atoms with van der Waals surface area (Å²) in [6, 6.07) is 19.8. The lowest BCUT2D eigenvalue weighted by Gasteiger charge is -2.11. The van der Waals surface area contributed by atoms with E-state index in [9.17, 15) is 4.79 Å². The van der Waals surface area contributed by atoms with Gasteiger partial charge < -0.3 is 9.73 Å².